The lowest BCUT2D eigenvalue weighted by atomic mass is 9.90. The van der Waals surface area contributed by atoms with Crippen molar-refractivity contribution in [3.05, 3.63) is 66.1 Å². The molecule has 1 fully saturated rings. The number of nitrogens with zero attached hydrogens (tertiary/aromatic N) is 7. The van der Waals surface area contributed by atoms with E-state index in [1.54, 1.807) is 84.7 Å². The van der Waals surface area contributed by atoms with Gasteiger partial charge in [-0.1, -0.05) is 29.4 Å². The Morgan fingerprint density at radius 2 is 1.36 bits per heavy atom. The number of rotatable bonds is 8. The molecule has 1 aliphatic heterocycles. The van der Waals surface area contributed by atoms with E-state index in [9.17, 15) is 19.6 Å². The predicted molar refractivity (Wildman–Crippen MR) is 215 cm³/mol. The number of aromatic nitrogens is 4. The normalized spacial score (nSPS) is 14.0. The van der Waals surface area contributed by atoms with E-state index in [-0.39, 0.29) is 29.4 Å². The molecule has 4 heterocycles. The maximum atomic E-state index is 13.8. The van der Waals surface area contributed by atoms with E-state index in [0.29, 0.717) is 65.7 Å². The van der Waals surface area contributed by atoms with Crippen LogP contribution < -0.4 is 4.90 Å². The van der Waals surface area contributed by atoms with E-state index in [0.717, 1.165) is 5.56 Å². The number of carbonyl (C=O) groups is 3. The van der Waals surface area contributed by atoms with Crippen molar-refractivity contribution in [3.8, 4) is 40.0 Å². The Hall–Kier alpha value is -5.88. The quantitative estimate of drug-likeness (QED) is 0.154. The highest BCUT2D eigenvalue weighted by Crippen LogP contribution is 2.35. The van der Waals surface area contributed by atoms with E-state index in [4.69, 9.17) is 28.5 Å². The molecule has 0 aliphatic carbocycles. The summed E-state index contributed by atoms with van der Waals surface area (Å²) in [6, 6.07) is 14.8. The number of anilines is 1. The highest BCUT2D eigenvalue weighted by Gasteiger charge is 2.37. The highest BCUT2D eigenvalue weighted by molar-refractivity contribution is 6.10. The fourth-order valence-corrected chi connectivity index (χ4v) is 5.86. The Balaban J connectivity index is 1.56. The summed E-state index contributed by atoms with van der Waals surface area (Å²) in [6.07, 6.45) is 1.93. The number of ether oxygens (including phenoxy) is 4. The Morgan fingerprint density at radius 1 is 0.776 bits per heavy atom. The maximum absolute atomic E-state index is 13.8. The summed E-state index contributed by atoms with van der Waals surface area (Å²) in [5.41, 5.74) is -0.0919. The molecule has 1 saturated heterocycles. The van der Waals surface area contributed by atoms with E-state index in [1.165, 1.54) is 6.20 Å². The number of pyridine rings is 1. The van der Waals surface area contributed by atoms with Crippen molar-refractivity contribution in [2.45, 2.75) is 124 Å². The van der Waals surface area contributed by atoms with Crippen LogP contribution in [0.3, 0.4) is 0 Å². The van der Waals surface area contributed by atoms with Gasteiger partial charge in [0, 0.05) is 49.2 Å². The average molecular weight is 796 g/mol. The molecule has 0 spiro atoms. The first-order valence-electron chi connectivity index (χ1n) is 19.2. The standard InChI is InChI=1S/C43H53N7O8/c1-40(2,3)55-37(51)49(30-17-20-54-21-18-30)25-27-12-14-28(15-13-27)31-23-33(58-48-31)35-36(50(38(52)56-41(4,5)6)39(53)57-42(7,8)9)46-24-32(47-35)29-16-19-45-34(22-29)43(10,11)26-44/h12-16,19,22-24,30H,17-18,20-21,25H2,1-11H3. The Kier molecular flexibility index (Phi) is 12.6. The van der Waals surface area contributed by atoms with Crippen molar-refractivity contribution >= 4 is 24.1 Å². The van der Waals surface area contributed by atoms with Gasteiger partial charge in [0.1, 0.15) is 22.5 Å². The second-order valence-corrected chi connectivity index (χ2v) is 17.6. The highest BCUT2D eigenvalue weighted by atomic mass is 16.6. The van der Waals surface area contributed by atoms with Crippen LogP contribution in [0.5, 0.6) is 0 Å². The lowest BCUT2D eigenvalue weighted by Gasteiger charge is -2.35. The number of hydrogen-bond donors (Lipinski definition) is 0. The second-order valence-electron chi connectivity index (χ2n) is 17.6. The van der Waals surface area contributed by atoms with Crippen LogP contribution in [-0.2, 0) is 30.9 Å². The number of imide groups is 1. The van der Waals surface area contributed by atoms with E-state index < -0.39 is 34.4 Å². The SMILES string of the molecule is CC(C)(C)OC(=O)N(C(=O)OC(C)(C)C)c1ncc(-c2ccnc(C(C)(C)C#N)c2)nc1-c1cc(-c2ccc(CN(C(=O)OC(C)(C)C)C3CCOCC3)cc2)no1. The zero-order chi connectivity index (χ0) is 42.6. The van der Waals surface area contributed by atoms with Crippen molar-refractivity contribution in [1.29, 1.82) is 5.26 Å². The van der Waals surface area contributed by atoms with Gasteiger partial charge >= 0.3 is 18.3 Å². The molecule has 3 aromatic heterocycles. The van der Waals surface area contributed by atoms with Gasteiger partial charge in [-0.3, -0.25) is 4.98 Å². The molecule has 0 atom stereocenters. The molecule has 4 aromatic rings. The number of carbonyl (C=O) groups excluding carboxylic acids is 3. The van der Waals surface area contributed by atoms with Crippen molar-refractivity contribution < 1.29 is 37.9 Å². The summed E-state index contributed by atoms with van der Waals surface area (Å²) in [6.45, 7) is 20.6. The minimum atomic E-state index is -1.04. The van der Waals surface area contributed by atoms with E-state index in [1.807, 2.05) is 45.0 Å². The molecule has 15 nitrogen and oxygen atoms in total. The third-order valence-corrected chi connectivity index (χ3v) is 8.70. The Morgan fingerprint density at radius 3 is 1.93 bits per heavy atom. The Bertz CT molecular complexity index is 2120. The first kappa shape index (κ1) is 43.2. The lowest BCUT2D eigenvalue weighted by Crippen LogP contribution is -2.45. The average Bonchev–Trinajstić information content (AvgIpc) is 3.63. The molecule has 0 N–H and O–H groups in total. The summed E-state index contributed by atoms with van der Waals surface area (Å²) >= 11 is 0. The van der Waals surface area contributed by atoms with Gasteiger partial charge in [0.05, 0.1) is 29.1 Å². The van der Waals surface area contributed by atoms with Crippen molar-refractivity contribution in [2.24, 2.45) is 0 Å². The van der Waals surface area contributed by atoms with Crippen LogP contribution in [0.25, 0.3) is 34.0 Å². The molecule has 15 heteroatoms. The van der Waals surface area contributed by atoms with Crippen LogP contribution >= 0.6 is 0 Å². The summed E-state index contributed by atoms with van der Waals surface area (Å²) < 4.78 is 28.5. The van der Waals surface area contributed by atoms with Crippen molar-refractivity contribution in [2.75, 3.05) is 18.1 Å². The number of benzene rings is 1. The van der Waals surface area contributed by atoms with Crippen LogP contribution in [0.4, 0.5) is 20.2 Å². The number of nitriles is 1. The fourth-order valence-electron chi connectivity index (χ4n) is 5.86. The molecule has 308 valence electrons. The van der Waals surface area contributed by atoms with E-state index >= 15 is 0 Å². The molecule has 0 saturated carbocycles. The van der Waals surface area contributed by atoms with Gasteiger partial charge < -0.3 is 28.4 Å². The summed E-state index contributed by atoms with van der Waals surface area (Å²) in [5, 5.41) is 14.1. The lowest BCUT2D eigenvalue weighted by molar-refractivity contribution is -0.00813. The first-order chi connectivity index (χ1) is 27.0. The van der Waals surface area contributed by atoms with Crippen LogP contribution in [0.15, 0.2) is 59.4 Å². The summed E-state index contributed by atoms with van der Waals surface area (Å²) in [7, 11) is 0. The second kappa shape index (κ2) is 16.9. The molecular weight excluding hydrogens is 743 g/mol. The third-order valence-electron chi connectivity index (χ3n) is 8.70. The van der Waals surface area contributed by atoms with Gasteiger partial charge in [0.15, 0.2) is 17.3 Å². The molecule has 58 heavy (non-hydrogen) atoms. The van der Waals surface area contributed by atoms with Gasteiger partial charge in [0.2, 0.25) is 0 Å². The number of hydrogen-bond acceptors (Lipinski definition) is 13. The zero-order valence-electron chi connectivity index (χ0n) is 35.2. The fraction of sp³-hybridized carbons (Fsp3) is 0.488. The molecule has 3 amide bonds. The first-order valence-corrected chi connectivity index (χ1v) is 19.2. The minimum Gasteiger partial charge on any atom is -0.444 e. The van der Waals surface area contributed by atoms with E-state index in [2.05, 4.69) is 21.2 Å². The van der Waals surface area contributed by atoms with Crippen LogP contribution in [0.2, 0.25) is 0 Å². The predicted octanol–water partition coefficient (Wildman–Crippen LogP) is 9.25. The molecule has 1 aliphatic rings. The minimum absolute atomic E-state index is 0.00745. The summed E-state index contributed by atoms with van der Waals surface area (Å²) in [5.74, 6) is -0.130. The number of amides is 3. The monoisotopic (exact) mass is 795 g/mol. The van der Waals surface area contributed by atoms with Gasteiger partial charge in [-0.05, 0) is 107 Å². The van der Waals surface area contributed by atoms with Crippen molar-refractivity contribution in [1.82, 2.24) is 25.0 Å². The molecule has 0 bridgehead atoms. The van der Waals surface area contributed by atoms with Gasteiger partial charge in [-0.2, -0.15) is 10.2 Å². The topological polar surface area (TPSA) is 183 Å². The third kappa shape index (κ3) is 11.2. The van der Waals surface area contributed by atoms with Crippen LogP contribution in [0.1, 0.15) is 100 Å². The van der Waals surface area contributed by atoms with Crippen LogP contribution in [-0.4, -0.2) is 79.3 Å². The van der Waals surface area contributed by atoms with Crippen molar-refractivity contribution in [3.63, 3.8) is 0 Å². The largest absolute Gasteiger partial charge is 0.444 e. The maximum Gasteiger partial charge on any atom is 0.425 e. The molecule has 0 unspecified atom stereocenters. The molecule has 0 radical (unpaired) electrons. The van der Waals surface area contributed by atoms with Gasteiger partial charge in [-0.25, -0.2) is 24.4 Å². The Labute approximate surface area is 339 Å². The smallest absolute Gasteiger partial charge is 0.425 e. The van der Waals surface area contributed by atoms with Crippen LogP contribution in [0, 0.1) is 11.3 Å². The van der Waals surface area contributed by atoms with Gasteiger partial charge in [0.25, 0.3) is 0 Å². The molecular formula is C43H53N7O8. The summed E-state index contributed by atoms with van der Waals surface area (Å²) in [4.78, 5) is 57.1. The zero-order valence-corrected chi connectivity index (χ0v) is 35.2. The molecule has 1 aromatic carbocycles. The van der Waals surface area contributed by atoms with Gasteiger partial charge in [-0.15, -0.1) is 0 Å². The molecule has 5 rings (SSSR count).